The summed E-state index contributed by atoms with van der Waals surface area (Å²) in [7, 11) is 0. The van der Waals surface area contributed by atoms with Crippen LogP contribution in [0.2, 0.25) is 0 Å². The van der Waals surface area contributed by atoms with Crippen molar-refractivity contribution in [2.75, 3.05) is 18.8 Å². The second-order valence-electron chi connectivity index (χ2n) is 7.81. The predicted molar refractivity (Wildman–Crippen MR) is 110 cm³/mol. The first-order valence-corrected chi connectivity index (χ1v) is 9.63. The number of H-pyrrole nitrogens is 1. The molecule has 26 heavy (non-hydrogen) atoms. The molecule has 2 aromatic heterocycles. The van der Waals surface area contributed by atoms with Crippen molar-refractivity contribution in [1.29, 1.82) is 0 Å². The minimum Gasteiger partial charge on any atom is -0.397 e. The standard InChI is InChI=1S/C22H28N4/c1-13(2)21-18-11-16(15-6-8-24-9-7-15)4-5-20(18)26-22(21)17-10-14(3)25-12-19(17)23/h4-5,10-13,15,24,26H,6-9,23H2,1-3H3. The number of benzene rings is 1. The molecule has 1 saturated heterocycles. The number of anilines is 1. The number of rotatable bonds is 3. The molecule has 0 amide bonds. The zero-order chi connectivity index (χ0) is 18.3. The lowest BCUT2D eigenvalue weighted by Crippen LogP contribution is -2.26. The van der Waals surface area contributed by atoms with E-state index in [1.807, 2.05) is 6.92 Å². The van der Waals surface area contributed by atoms with Crippen LogP contribution >= 0.6 is 0 Å². The van der Waals surface area contributed by atoms with Gasteiger partial charge in [0, 0.05) is 22.2 Å². The number of nitrogens with one attached hydrogen (secondary N) is 2. The highest BCUT2D eigenvalue weighted by atomic mass is 14.9. The number of hydrogen-bond acceptors (Lipinski definition) is 3. The topological polar surface area (TPSA) is 66.7 Å². The Kier molecular flexibility index (Phi) is 4.45. The molecule has 3 aromatic rings. The zero-order valence-electron chi connectivity index (χ0n) is 15.9. The molecule has 0 radical (unpaired) electrons. The van der Waals surface area contributed by atoms with Gasteiger partial charge in [-0.05, 0) is 74.0 Å². The lowest BCUT2D eigenvalue weighted by atomic mass is 9.88. The van der Waals surface area contributed by atoms with E-state index >= 15 is 0 Å². The molecule has 0 aliphatic carbocycles. The highest BCUT2D eigenvalue weighted by Crippen LogP contribution is 2.39. The maximum Gasteiger partial charge on any atom is 0.0595 e. The van der Waals surface area contributed by atoms with Crippen LogP contribution in [0.4, 0.5) is 5.69 Å². The molecule has 4 rings (SSSR count). The van der Waals surface area contributed by atoms with Gasteiger partial charge in [-0.15, -0.1) is 0 Å². The van der Waals surface area contributed by atoms with Crippen LogP contribution in [-0.2, 0) is 0 Å². The van der Waals surface area contributed by atoms with Gasteiger partial charge in [0.05, 0.1) is 17.6 Å². The van der Waals surface area contributed by atoms with E-state index in [0.29, 0.717) is 11.8 Å². The summed E-state index contributed by atoms with van der Waals surface area (Å²) in [6.07, 6.45) is 4.20. The molecule has 1 aliphatic rings. The van der Waals surface area contributed by atoms with E-state index in [0.717, 1.165) is 35.7 Å². The number of aryl methyl sites for hydroxylation is 1. The van der Waals surface area contributed by atoms with Crippen molar-refractivity contribution in [3.63, 3.8) is 0 Å². The van der Waals surface area contributed by atoms with Gasteiger partial charge >= 0.3 is 0 Å². The van der Waals surface area contributed by atoms with E-state index in [4.69, 9.17) is 5.73 Å². The van der Waals surface area contributed by atoms with Gasteiger partial charge in [0.2, 0.25) is 0 Å². The van der Waals surface area contributed by atoms with Gasteiger partial charge in [0.1, 0.15) is 0 Å². The van der Waals surface area contributed by atoms with Crippen LogP contribution in [0, 0.1) is 6.92 Å². The van der Waals surface area contributed by atoms with Gasteiger partial charge in [0.25, 0.3) is 0 Å². The van der Waals surface area contributed by atoms with E-state index in [1.54, 1.807) is 6.20 Å². The van der Waals surface area contributed by atoms with Crippen LogP contribution in [0.25, 0.3) is 22.2 Å². The van der Waals surface area contributed by atoms with Crippen LogP contribution in [0.15, 0.2) is 30.5 Å². The summed E-state index contributed by atoms with van der Waals surface area (Å²) in [4.78, 5) is 7.96. The van der Waals surface area contributed by atoms with Gasteiger partial charge < -0.3 is 16.0 Å². The molecule has 136 valence electrons. The van der Waals surface area contributed by atoms with E-state index in [2.05, 4.69) is 53.4 Å². The first-order chi connectivity index (χ1) is 12.5. The maximum atomic E-state index is 6.27. The summed E-state index contributed by atoms with van der Waals surface area (Å²) in [6.45, 7) is 8.76. The Morgan fingerprint density at radius 1 is 1.15 bits per heavy atom. The normalized spacial score (nSPS) is 15.8. The fraction of sp³-hybridized carbons (Fsp3) is 0.409. The number of nitrogens with zero attached hydrogens (tertiary/aromatic N) is 1. The highest BCUT2D eigenvalue weighted by Gasteiger charge is 2.21. The minimum atomic E-state index is 0.412. The highest BCUT2D eigenvalue weighted by molar-refractivity contribution is 5.94. The maximum absolute atomic E-state index is 6.27. The fourth-order valence-electron chi connectivity index (χ4n) is 4.24. The molecule has 4 nitrogen and oxygen atoms in total. The third-order valence-corrected chi connectivity index (χ3v) is 5.59. The average Bonchev–Trinajstić information content (AvgIpc) is 3.03. The number of fused-ring (bicyclic) bond motifs is 1. The number of aromatic nitrogens is 2. The monoisotopic (exact) mass is 348 g/mol. The Labute approximate surface area is 155 Å². The van der Waals surface area contributed by atoms with E-state index in [1.165, 1.54) is 34.9 Å². The number of nitrogen functional groups attached to an aromatic ring is 1. The Hall–Kier alpha value is -2.33. The summed E-state index contributed by atoms with van der Waals surface area (Å²) in [6, 6.07) is 9.03. The van der Waals surface area contributed by atoms with E-state index in [9.17, 15) is 0 Å². The van der Waals surface area contributed by atoms with Crippen LogP contribution in [0.1, 0.15) is 55.3 Å². The number of nitrogens with two attached hydrogens (primary N) is 1. The average molecular weight is 348 g/mol. The van der Waals surface area contributed by atoms with Crippen molar-refractivity contribution >= 4 is 16.6 Å². The Balaban J connectivity index is 1.88. The summed E-state index contributed by atoms with van der Waals surface area (Å²) in [5.41, 5.74) is 14.2. The molecule has 0 bridgehead atoms. The second-order valence-corrected chi connectivity index (χ2v) is 7.81. The summed E-state index contributed by atoms with van der Waals surface area (Å²) >= 11 is 0. The first kappa shape index (κ1) is 17.1. The van der Waals surface area contributed by atoms with Crippen molar-refractivity contribution in [3.05, 3.63) is 47.3 Å². The van der Waals surface area contributed by atoms with Crippen molar-refractivity contribution in [2.45, 2.75) is 45.4 Å². The molecular weight excluding hydrogens is 320 g/mol. The number of piperidine rings is 1. The molecule has 0 spiro atoms. The van der Waals surface area contributed by atoms with Gasteiger partial charge in [-0.2, -0.15) is 0 Å². The molecule has 1 aromatic carbocycles. The number of hydrogen-bond donors (Lipinski definition) is 3. The molecule has 4 heteroatoms. The molecule has 0 unspecified atom stereocenters. The minimum absolute atomic E-state index is 0.412. The molecule has 0 saturated carbocycles. The van der Waals surface area contributed by atoms with Gasteiger partial charge in [-0.1, -0.05) is 19.9 Å². The zero-order valence-corrected chi connectivity index (χ0v) is 15.9. The molecule has 3 heterocycles. The third kappa shape index (κ3) is 2.99. The van der Waals surface area contributed by atoms with Crippen molar-refractivity contribution < 1.29 is 0 Å². The van der Waals surface area contributed by atoms with E-state index in [-0.39, 0.29) is 0 Å². The summed E-state index contributed by atoms with van der Waals surface area (Å²) in [5.74, 6) is 1.07. The lowest BCUT2D eigenvalue weighted by Gasteiger charge is -2.23. The Morgan fingerprint density at radius 3 is 2.65 bits per heavy atom. The van der Waals surface area contributed by atoms with Crippen molar-refractivity contribution in [1.82, 2.24) is 15.3 Å². The number of pyridine rings is 1. The van der Waals surface area contributed by atoms with Gasteiger partial charge in [-0.25, -0.2) is 0 Å². The Bertz CT molecular complexity index is 933. The Morgan fingerprint density at radius 2 is 1.92 bits per heavy atom. The molecular formula is C22H28N4. The van der Waals surface area contributed by atoms with Crippen LogP contribution < -0.4 is 11.1 Å². The van der Waals surface area contributed by atoms with Crippen LogP contribution in [0.3, 0.4) is 0 Å². The third-order valence-electron chi connectivity index (χ3n) is 5.59. The van der Waals surface area contributed by atoms with E-state index < -0.39 is 0 Å². The lowest BCUT2D eigenvalue weighted by molar-refractivity contribution is 0.460. The summed E-state index contributed by atoms with van der Waals surface area (Å²) < 4.78 is 0. The van der Waals surface area contributed by atoms with Gasteiger partial charge in [0.15, 0.2) is 0 Å². The largest absolute Gasteiger partial charge is 0.397 e. The quantitative estimate of drug-likeness (QED) is 0.642. The van der Waals surface area contributed by atoms with Crippen molar-refractivity contribution in [3.8, 4) is 11.3 Å². The molecule has 0 atom stereocenters. The molecule has 1 fully saturated rings. The van der Waals surface area contributed by atoms with Gasteiger partial charge in [-0.3, -0.25) is 4.98 Å². The first-order valence-electron chi connectivity index (χ1n) is 9.63. The molecule has 4 N–H and O–H groups in total. The second kappa shape index (κ2) is 6.76. The smallest absolute Gasteiger partial charge is 0.0595 e. The van der Waals surface area contributed by atoms with Crippen molar-refractivity contribution in [2.24, 2.45) is 0 Å². The summed E-state index contributed by atoms with van der Waals surface area (Å²) in [5, 5.41) is 4.80. The number of aromatic amines is 1. The predicted octanol–water partition coefficient (Wildman–Crippen LogP) is 4.71. The SMILES string of the molecule is Cc1cc(-c2[nH]c3ccc(C4CCNCC4)cc3c2C(C)C)c(N)cn1. The van der Waals surface area contributed by atoms with Crippen LogP contribution in [-0.4, -0.2) is 23.1 Å². The molecule has 1 aliphatic heterocycles. The fourth-order valence-corrected chi connectivity index (χ4v) is 4.24. The van der Waals surface area contributed by atoms with Crippen LogP contribution in [0.5, 0.6) is 0 Å².